The van der Waals surface area contributed by atoms with E-state index in [1.54, 1.807) is 12.1 Å². The molecule has 0 amide bonds. The maximum atomic E-state index is 13.3. The summed E-state index contributed by atoms with van der Waals surface area (Å²) in [6, 6.07) is 6.95. The Hall–Kier alpha value is -1.64. The SMILES string of the molecule is Cc1cc(N2CCCCCCC2)nc2ccc(F)cc12. The normalized spacial score (nSPS) is 17.0. The first kappa shape index (κ1) is 13.3. The highest BCUT2D eigenvalue weighted by atomic mass is 19.1. The highest BCUT2D eigenvalue weighted by Gasteiger charge is 2.12. The zero-order valence-electron chi connectivity index (χ0n) is 12.0. The smallest absolute Gasteiger partial charge is 0.129 e. The molecule has 2 nitrogen and oxygen atoms in total. The number of benzene rings is 1. The Balaban J connectivity index is 1.96. The number of halogens is 1. The Kier molecular flexibility index (Phi) is 3.86. The van der Waals surface area contributed by atoms with Crippen molar-refractivity contribution in [3.63, 3.8) is 0 Å². The van der Waals surface area contributed by atoms with Crippen LogP contribution in [0.5, 0.6) is 0 Å². The standard InChI is InChI=1S/C17H21FN2/c1-13-11-17(20-9-5-3-2-4-6-10-20)19-16-8-7-14(18)12-15(13)16/h7-8,11-12H,2-6,9-10H2,1H3. The van der Waals surface area contributed by atoms with Gasteiger partial charge in [-0.1, -0.05) is 19.3 Å². The van der Waals surface area contributed by atoms with Crippen molar-refractivity contribution in [1.82, 2.24) is 4.98 Å². The second-order valence-electron chi connectivity index (χ2n) is 5.71. The van der Waals surface area contributed by atoms with Crippen LogP contribution in [0, 0.1) is 12.7 Å². The third kappa shape index (κ3) is 2.77. The van der Waals surface area contributed by atoms with Crippen LogP contribution < -0.4 is 4.90 Å². The van der Waals surface area contributed by atoms with E-state index in [0.717, 1.165) is 35.4 Å². The molecule has 106 valence electrons. The van der Waals surface area contributed by atoms with Crippen molar-refractivity contribution in [3.8, 4) is 0 Å². The van der Waals surface area contributed by atoms with Crippen molar-refractivity contribution in [3.05, 3.63) is 35.6 Å². The molecule has 1 aromatic carbocycles. The minimum Gasteiger partial charge on any atom is -0.357 e. The van der Waals surface area contributed by atoms with E-state index in [9.17, 15) is 4.39 Å². The van der Waals surface area contributed by atoms with Crippen LogP contribution in [-0.2, 0) is 0 Å². The fourth-order valence-corrected chi connectivity index (χ4v) is 2.99. The molecule has 0 aliphatic carbocycles. The molecule has 0 atom stereocenters. The molecule has 1 aromatic heterocycles. The number of aromatic nitrogens is 1. The van der Waals surface area contributed by atoms with Gasteiger partial charge in [0, 0.05) is 18.5 Å². The monoisotopic (exact) mass is 272 g/mol. The molecule has 0 saturated carbocycles. The van der Waals surface area contributed by atoms with Crippen molar-refractivity contribution in [1.29, 1.82) is 0 Å². The van der Waals surface area contributed by atoms with Gasteiger partial charge in [-0.15, -0.1) is 0 Å². The van der Waals surface area contributed by atoms with E-state index >= 15 is 0 Å². The number of pyridine rings is 1. The van der Waals surface area contributed by atoms with Crippen molar-refractivity contribution < 1.29 is 4.39 Å². The van der Waals surface area contributed by atoms with E-state index in [1.165, 1.54) is 38.2 Å². The van der Waals surface area contributed by atoms with Crippen molar-refractivity contribution in [2.75, 3.05) is 18.0 Å². The fourth-order valence-electron chi connectivity index (χ4n) is 2.99. The molecule has 2 aromatic rings. The molecule has 1 aliphatic heterocycles. The van der Waals surface area contributed by atoms with Gasteiger partial charge in [-0.2, -0.15) is 0 Å². The van der Waals surface area contributed by atoms with Gasteiger partial charge in [-0.05, 0) is 49.6 Å². The lowest BCUT2D eigenvalue weighted by molar-refractivity contribution is 0.554. The third-order valence-electron chi connectivity index (χ3n) is 4.14. The molecule has 0 radical (unpaired) electrons. The van der Waals surface area contributed by atoms with Gasteiger partial charge in [0.15, 0.2) is 0 Å². The molecule has 2 heterocycles. The van der Waals surface area contributed by atoms with Gasteiger partial charge < -0.3 is 4.90 Å². The minimum atomic E-state index is -0.193. The summed E-state index contributed by atoms with van der Waals surface area (Å²) in [4.78, 5) is 7.12. The largest absolute Gasteiger partial charge is 0.357 e. The van der Waals surface area contributed by atoms with Gasteiger partial charge in [0.05, 0.1) is 5.52 Å². The predicted molar refractivity (Wildman–Crippen MR) is 81.7 cm³/mol. The minimum absolute atomic E-state index is 0.193. The van der Waals surface area contributed by atoms with Gasteiger partial charge in [-0.25, -0.2) is 9.37 Å². The Morgan fingerprint density at radius 3 is 2.45 bits per heavy atom. The van der Waals surface area contributed by atoms with E-state index in [1.807, 2.05) is 6.92 Å². The van der Waals surface area contributed by atoms with E-state index in [0.29, 0.717) is 0 Å². The van der Waals surface area contributed by atoms with Crippen LogP contribution >= 0.6 is 0 Å². The molecular formula is C17H21FN2. The summed E-state index contributed by atoms with van der Waals surface area (Å²) in [6.45, 7) is 4.20. The zero-order valence-corrected chi connectivity index (χ0v) is 12.0. The molecular weight excluding hydrogens is 251 g/mol. The average Bonchev–Trinajstić information content (AvgIpc) is 2.39. The Morgan fingerprint density at radius 1 is 1.00 bits per heavy atom. The van der Waals surface area contributed by atoms with Gasteiger partial charge >= 0.3 is 0 Å². The Bertz CT molecular complexity index is 601. The molecule has 3 heteroatoms. The number of rotatable bonds is 1. The molecule has 0 unspecified atom stereocenters. The topological polar surface area (TPSA) is 16.1 Å². The second kappa shape index (κ2) is 5.78. The Morgan fingerprint density at radius 2 is 1.70 bits per heavy atom. The number of aryl methyl sites for hydroxylation is 1. The average molecular weight is 272 g/mol. The fraction of sp³-hybridized carbons (Fsp3) is 0.471. The molecule has 20 heavy (non-hydrogen) atoms. The van der Waals surface area contributed by atoms with Crippen molar-refractivity contribution in [2.45, 2.75) is 39.0 Å². The summed E-state index contributed by atoms with van der Waals surface area (Å²) in [5.74, 6) is 0.852. The highest BCUT2D eigenvalue weighted by Crippen LogP contribution is 2.24. The lowest BCUT2D eigenvalue weighted by Crippen LogP contribution is -2.27. The molecule has 1 fully saturated rings. The highest BCUT2D eigenvalue weighted by molar-refractivity contribution is 5.84. The van der Waals surface area contributed by atoms with Crippen molar-refractivity contribution >= 4 is 16.7 Å². The maximum absolute atomic E-state index is 13.3. The van der Waals surface area contributed by atoms with Crippen LogP contribution in [0.15, 0.2) is 24.3 Å². The summed E-state index contributed by atoms with van der Waals surface area (Å²) >= 11 is 0. The van der Waals surface area contributed by atoms with E-state index in [-0.39, 0.29) is 5.82 Å². The number of fused-ring (bicyclic) bond motifs is 1. The summed E-state index contributed by atoms with van der Waals surface area (Å²) in [5.41, 5.74) is 2.00. The summed E-state index contributed by atoms with van der Waals surface area (Å²) in [7, 11) is 0. The van der Waals surface area contributed by atoms with Crippen LogP contribution in [0.3, 0.4) is 0 Å². The number of hydrogen-bond donors (Lipinski definition) is 0. The maximum Gasteiger partial charge on any atom is 0.129 e. The second-order valence-corrected chi connectivity index (χ2v) is 5.71. The van der Waals surface area contributed by atoms with Crippen LogP contribution in [0.1, 0.15) is 37.7 Å². The Labute approximate surface area is 119 Å². The summed E-state index contributed by atoms with van der Waals surface area (Å²) < 4.78 is 13.3. The van der Waals surface area contributed by atoms with Crippen molar-refractivity contribution in [2.24, 2.45) is 0 Å². The lowest BCUT2D eigenvalue weighted by Gasteiger charge is -2.26. The van der Waals surface area contributed by atoms with E-state index < -0.39 is 0 Å². The van der Waals surface area contributed by atoms with Gasteiger partial charge in [0.25, 0.3) is 0 Å². The molecule has 0 bridgehead atoms. The first-order valence-corrected chi connectivity index (χ1v) is 7.56. The number of anilines is 1. The van der Waals surface area contributed by atoms with E-state index in [4.69, 9.17) is 4.98 Å². The summed E-state index contributed by atoms with van der Waals surface area (Å²) in [6.07, 6.45) is 6.46. The van der Waals surface area contributed by atoms with Gasteiger partial charge in [0.1, 0.15) is 11.6 Å². The first-order valence-electron chi connectivity index (χ1n) is 7.56. The molecule has 3 rings (SSSR count). The summed E-state index contributed by atoms with van der Waals surface area (Å²) in [5, 5.41) is 0.917. The first-order chi connectivity index (χ1) is 9.74. The molecule has 0 N–H and O–H groups in total. The van der Waals surface area contributed by atoms with Crippen LogP contribution in [0.25, 0.3) is 10.9 Å². The van der Waals surface area contributed by atoms with Gasteiger partial charge in [0.2, 0.25) is 0 Å². The zero-order chi connectivity index (χ0) is 13.9. The number of hydrogen-bond acceptors (Lipinski definition) is 2. The van der Waals surface area contributed by atoms with Crippen LogP contribution in [0.2, 0.25) is 0 Å². The predicted octanol–water partition coefficient (Wildman–Crippen LogP) is 4.45. The van der Waals surface area contributed by atoms with E-state index in [2.05, 4.69) is 11.0 Å². The quantitative estimate of drug-likeness (QED) is 0.762. The molecule has 0 spiro atoms. The van der Waals surface area contributed by atoms with Crippen LogP contribution in [-0.4, -0.2) is 18.1 Å². The third-order valence-corrected chi connectivity index (χ3v) is 4.14. The molecule has 1 aliphatic rings. The number of nitrogens with zero attached hydrogens (tertiary/aromatic N) is 2. The lowest BCUT2D eigenvalue weighted by atomic mass is 10.1. The molecule has 1 saturated heterocycles. The van der Waals surface area contributed by atoms with Gasteiger partial charge in [-0.3, -0.25) is 0 Å². The van der Waals surface area contributed by atoms with Crippen LogP contribution in [0.4, 0.5) is 10.2 Å².